The molecule has 2 aromatic rings. The Bertz CT molecular complexity index is 546. The molecular formula is C15H15NS. The monoisotopic (exact) mass is 241 g/mol. The molecular weight excluding hydrogens is 226 g/mol. The zero-order valence-electron chi connectivity index (χ0n) is 9.81. The van der Waals surface area contributed by atoms with Gasteiger partial charge in [-0.2, -0.15) is 0 Å². The summed E-state index contributed by atoms with van der Waals surface area (Å²) in [5, 5.41) is 0. The van der Waals surface area contributed by atoms with Gasteiger partial charge in [-0.15, -0.1) is 0 Å². The van der Waals surface area contributed by atoms with Crippen LogP contribution in [-0.2, 0) is 0 Å². The number of rotatable bonds is 3. The van der Waals surface area contributed by atoms with Crippen molar-refractivity contribution >= 4 is 23.0 Å². The Morgan fingerprint density at radius 2 is 1.59 bits per heavy atom. The number of nitrogens with two attached hydrogens (primary N) is 1. The summed E-state index contributed by atoms with van der Waals surface area (Å²) in [6.45, 7) is 6.03. The van der Waals surface area contributed by atoms with E-state index < -0.39 is 0 Å². The van der Waals surface area contributed by atoms with Crippen molar-refractivity contribution in [3.8, 4) is 0 Å². The lowest BCUT2D eigenvalue weighted by atomic mass is 10.1. The van der Waals surface area contributed by atoms with E-state index in [0.717, 1.165) is 16.2 Å². The number of hydrogen-bond donors (Lipinski definition) is 1. The summed E-state index contributed by atoms with van der Waals surface area (Å²) in [6.07, 6.45) is 0. The predicted octanol–water partition coefficient (Wildman–Crippen LogP) is 4.45. The van der Waals surface area contributed by atoms with Gasteiger partial charge in [-0.05, 0) is 36.3 Å². The number of para-hydroxylation sites is 1. The summed E-state index contributed by atoms with van der Waals surface area (Å²) in [5.74, 6) is 0. The van der Waals surface area contributed by atoms with Gasteiger partial charge in [-0.25, -0.2) is 0 Å². The van der Waals surface area contributed by atoms with E-state index in [1.54, 1.807) is 11.8 Å². The van der Waals surface area contributed by atoms with Crippen LogP contribution in [0.3, 0.4) is 0 Å². The van der Waals surface area contributed by atoms with Gasteiger partial charge in [0.1, 0.15) is 0 Å². The lowest BCUT2D eigenvalue weighted by Crippen LogP contribution is -1.88. The fourth-order valence-electron chi connectivity index (χ4n) is 1.60. The molecule has 0 aliphatic carbocycles. The maximum absolute atomic E-state index is 5.95. The van der Waals surface area contributed by atoms with E-state index in [1.807, 2.05) is 43.3 Å². The molecule has 0 amide bonds. The fourth-order valence-corrected chi connectivity index (χ4v) is 2.67. The molecule has 0 aliphatic rings. The maximum Gasteiger partial charge on any atom is 0.0455 e. The van der Waals surface area contributed by atoms with Gasteiger partial charge in [0.25, 0.3) is 0 Å². The first-order chi connectivity index (χ1) is 8.18. The van der Waals surface area contributed by atoms with E-state index in [9.17, 15) is 0 Å². The van der Waals surface area contributed by atoms with E-state index in [-0.39, 0.29) is 0 Å². The second kappa shape index (κ2) is 5.11. The normalized spacial score (nSPS) is 10.2. The molecule has 2 N–H and O–H groups in total. The van der Waals surface area contributed by atoms with Gasteiger partial charge in [-0.3, -0.25) is 0 Å². The van der Waals surface area contributed by atoms with Crippen LogP contribution in [0.25, 0.3) is 5.57 Å². The highest BCUT2D eigenvalue weighted by Gasteiger charge is 2.06. The number of nitrogen functional groups attached to an aromatic ring is 1. The molecule has 0 unspecified atom stereocenters. The minimum Gasteiger partial charge on any atom is -0.398 e. The summed E-state index contributed by atoms with van der Waals surface area (Å²) in [5.41, 5.74) is 9.02. The summed E-state index contributed by atoms with van der Waals surface area (Å²) in [7, 11) is 0. The van der Waals surface area contributed by atoms with Crippen LogP contribution < -0.4 is 5.73 Å². The minimum atomic E-state index is 0.814. The highest BCUT2D eigenvalue weighted by Crippen LogP contribution is 2.35. The van der Waals surface area contributed by atoms with Crippen LogP contribution in [0.5, 0.6) is 0 Å². The number of anilines is 1. The molecule has 0 fully saturated rings. The zero-order chi connectivity index (χ0) is 12.3. The molecule has 17 heavy (non-hydrogen) atoms. The number of allylic oxidation sites excluding steroid dienone is 1. The zero-order valence-corrected chi connectivity index (χ0v) is 10.6. The third-order valence-corrected chi connectivity index (χ3v) is 3.65. The van der Waals surface area contributed by atoms with Crippen molar-refractivity contribution in [3.05, 3.63) is 60.7 Å². The topological polar surface area (TPSA) is 26.0 Å². The second-order valence-corrected chi connectivity index (χ2v) is 5.00. The standard InChI is InChI=1S/C15H15NS/c1-11(2)12-7-3-5-9-14(12)17-15-10-6-4-8-13(15)16/h3-10H,1,16H2,2H3. The maximum atomic E-state index is 5.95. The van der Waals surface area contributed by atoms with Crippen LogP contribution in [-0.4, -0.2) is 0 Å². The Morgan fingerprint density at radius 1 is 1.00 bits per heavy atom. The van der Waals surface area contributed by atoms with E-state index in [0.29, 0.717) is 0 Å². The highest BCUT2D eigenvalue weighted by molar-refractivity contribution is 7.99. The first kappa shape index (κ1) is 11.8. The van der Waals surface area contributed by atoms with Crippen molar-refractivity contribution in [1.82, 2.24) is 0 Å². The SMILES string of the molecule is C=C(C)c1ccccc1Sc1ccccc1N. The Balaban J connectivity index is 2.37. The lowest BCUT2D eigenvalue weighted by Gasteiger charge is -2.10. The van der Waals surface area contributed by atoms with Crippen molar-refractivity contribution in [2.75, 3.05) is 5.73 Å². The molecule has 0 atom stereocenters. The first-order valence-electron chi connectivity index (χ1n) is 5.46. The molecule has 0 bridgehead atoms. The summed E-state index contributed by atoms with van der Waals surface area (Å²) < 4.78 is 0. The van der Waals surface area contributed by atoms with Crippen molar-refractivity contribution in [3.63, 3.8) is 0 Å². The van der Waals surface area contributed by atoms with Crippen LogP contribution in [0, 0.1) is 0 Å². The third kappa shape index (κ3) is 2.71. The quantitative estimate of drug-likeness (QED) is 0.803. The second-order valence-electron chi connectivity index (χ2n) is 3.92. The van der Waals surface area contributed by atoms with Crippen LogP contribution in [0.2, 0.25) is 0 Å². The fraction of sp³-hybridized carbons (Fsp3) is 0.0667. The van der Waals surface area contributed by atoms with Crippen molar-refractivity contribution in [2.24, 2.45) is 0 Å². The predicted molar refractivity (Wildman–Crippen MR) is 76.1 cm³/mol. The van der Waals surface area contributed by atoms with Gasteiger partial charge in [-0.1, -0.05) is 48.7 Å². The van der Waals surface area contributed by atoms with Crippen LogP contribution in [0.4, 0.5) is 5.69 Å². The van der Waals surface area contributed by atoms with Gasteiger partial charge in [0.2, 0.25) is 0 Å². The van der Waals surface area contributed by atoms with Crippen LogP contribution >= 0.6 is 11.8 Å². The van der Waals surface area contributed by atoms with Gasteiger partial charge >= 0.3 is 0 Å². The molecule has 2 rings (SSSR count). The van der Waals surface area contributed by atoms with E-state index >= 15 is 0 Å². The Hall–Kier alpha value is -1.67. The Labute approximate surface area is 106 Å². The number of hydrogen-bond acceptors (Lipinski definition) is 2. The molecule has 0 heterocycles. The van der Waals surface area contributed by atoms with Gasteiger partial charge in [0.15, 0.2) is 0 Å². The van der Waals surface area contributed by atoms with E-state index in [1.165, 1.54) is 10.5 Å². The summed E-state index contributed by atoms with van der Waals surface area (Å²) in [4.78, 5) is 2.28. The largest absolute Gasteiger partial charge is 0.398 e. The number of benzene rings is 2. The van der Waals surface area contributed by atoms with E-state index in [4.69, 9.17) is 5.73 Å². The third-order valence-electron chi connectivity index (χ3n) is 2.49. The van der Waals surface area contributed by atoms with Crippen molar-refractivity contribution < 1.29 is 0 Å². The molecule has 1 nitrogen and oxygen atoms in total. The van der Waals surface area contributed by atoms with Crippen LogP contribution in [0.15, 0.2) is 64.9 Å². The average molecular weight is 241 g/mol. The smallest absolute Gasteiger partial charge is 0.0455 e. The van der Waals surface area contributed by atoms with Crippen molar-refractivity contribution in [1.29, 1.82) is 0 Å². The molecule has 2 heteroatoms. The van der Waals surface area contributed by atoms with Crippen molar-refractivity contribution in [2.45, 2.75) is 16.7 Å². The van der Waals surface area contributed by atoms with E-state index in [2.05, 4.69) is 18.7 Å². The first-order valence-corrected chi connectivity index (χ1v) is 6.27. The lowest BCUT2D eigenvalue weighted by molar-refractivity contribution is 1.36. The summed E-state index contributed by atoms with van der Waals surface area (Å²) >= 11 is 1.68. The Morgan fingerprint density at radius 3 is 2.24 bits per heavy atom. The summed E-state index contributed by atoms with van der Waals surface area (Å²) in [6, 6.07) is 16.2. The molecule has 2 aromatic carbocycles. The van der Waals surface area contributed by atoms with Gasteiger partial charge in [0, 0.05) is 15.5 Å². The molecule has 0 saturated carbocycles. The Kier molecular flexibility index (Phi) is 3.55. The average Bonchev–Trinajstić information content (AvgIpc) is 2.32. The minimum absolute atomic E-state index is 0.814. The highest BCUT2D eigenvalue weighted by atomic mass is 32.2. The van der Waals surface area contributed by atoms with Gasteiger partial charge < -0.3 is 5.73 Å². The molecule has 0 saturated heterocycles. The molecule has 0 spiro atoms. The molecule has 0 aliphatic heterocycles. The van der Waals surface area contributed by atoms with Gasteiger partial charge in [0.05, 0.1) is 0 Å². The molecule has 0 radical (unpaired) electrons. The molecule has 86 valence electrons. The molecule has 0 aromatic heterocycles. The van der Waals surface area contributed by atoms with Crippen LogP contribution in [0.1, 0.15) is 12.5 Å².